The van der Waals surface area contributed by atoms with Crippen LogP contribution in [0.1, 0.15) is 0 Å². The molecule has 0 spiro atoms. The minimum atomic E-state index is 0.859. The lowest BCUT2D eigenvalue weighted by Crippen LogP contribution is -2.10. The molecule has 0 fully saturated rings. The summed E-state index contributed by atoms with van der Waals surface area (Å²) in [7, 11) is 0. The molecular weight excluding hydrogens is 813 g/mol. The fourth-order valence-corrected chi connectivity index (χ4v) is 10.3. The number of nitrogens with zero attached hydrogens (tertiary/aromatic N) is 2. The Morgan fingerprint density at radius 1 is 0.328 bits per heavy atom. The Hall–Kier alpha value is -8.92. The van der Waals surface area contributed by atoms with Crippen LogP contribution in [0.25, 0.3) is 105 Å². The molecule has 67 heavy (non-hydrogen) atoms. The lowest BCUT2D eigenvalue weighted by atomic mass is 9.89. The van der Waals surface area contributed by atoms with Crippen LogP contribution in [0.2, 0.25) is 0 Å². The Kier molecular flexibility index (Phi) is 9.17. The number of hydrogen-bond donors (Lipinski definition) is 0. The topological polar surface area (TPSA) is 21.3 Å². The average Bonchev–Trinajstić information content (AvgIpc) is 3.96. The van der Waals surface area contributed by atoms with E-state index in [-0.39, 0.29) is 0 Å². The van der Waals surface area contributed by atoms with Crippen molar-refractivity contribution in [2.24, 2.45) is 0 Å². The standard InChI is InChI=1S/C64H42N2O/c1-3-16-44(17-4-1)51-21-9-11-24-54(51)55-25-12-10-22-52(55)46-32-38-50(39-33-46)65(59-27-15-29-62-63(59)58-26-13-14-28-61(58)67-62)49-36-30-43(31-37-49)47-35-40-56-57-41-34-45-18-7-8-23-53(45)64(57)66(60(56)42-47)48-19-5-2-6-20-48/h1-42H. The van der Waals surface area contributed by atoms with Crippen molar-refractivity contribution in [1.29, 1.82) is 0 Å². The third-order valence-corrected chi connectivity index (χ3v) is 13.4. The molecular formula is C64H42N2O. The summed E-state index contributed by atoms with van der Waals surface area (Å²) in [5, 5.41) is 7.15. The smallest absolute Gasteiger partial charge is 0.137 e. The number of para-hydroxylation sites is 2. The van der Waals surface area contributed by atoms with Gasteiger partial charge in [0.25, 0.3) is 0 Å². The normalized spacial score (nSPS) is 11.6. The maximum atomic E-state index is 6.46. The highest BCUT2D eigenvalue weighted by atomic mass is 16.3. The number of furan rings is 1. The van der Waals surface area contributed by atoms with Gasteiger partial charge >= 0.3 is 0 Å². The van der Waals surface area contributed by atoms with Gasteiger partial charge in [-0.1, -0.05) is 194 Å². The first-order chi connectivity index (χ1) is 33.2. The largest absolute Gasteiger partial charge is 0.456 e. The molecule has 0 N–H and O–H groups in total. The molecule has 2 aromatic heterocycles. The molecule has 2 heterocycles. The van der Waals surface area contributed by atoms with Crippen LogP contribution >= 0.6 is 0 Å². The van der Waals surface area contributed by atoms with Crippen LogP contribution in [0.5, 0.6) is 0 Å². The van der Waals surface area contributed by atoms with Crippen LogP contribution in [0.4, 0.5) is 17.1 Å². The molecule has 3 nitrogen and oxygen atoms in total. The van der Waals surface area contributed by atoms with E-state index in [1.807, 2.05) is 6.07 Å². The summed E-state index contributed by atoms with van der Waals surface area (Å²) in [6, 6.07) is 91.8. The van der Waals surface area contributed by atoms with E-state index in [4.69, 9.17) is 4.42 Å². The molecule has 0 saturated carbocycles. The maximum Gasteiger partial charge on any atom is 0.137 e. The van der Waals surface area contributed by atoms with E-state index in [9.17, 15) is 0 Å². The fraction of sp³-hybridized carbons (Fsp3) is 0. The zero-order valence-corrected chi connectivity index (χ0v) is 36.6. The van der Waals surface area contributed by atoms with Crippen LogP contribution in [0, 0.1) is 0 Å². The summed E-state index contributed by atoms with van der Waals surface area (Å²) < 4.78 is 8.90. The van der Waals surface area contributed by atoms with E-state index < -0.39 is 0 Å². The summed E-state index contributed by atoms with van der Waals surface area (Å²) >= 11 is 0. The molecule has 314 valence electrons. The second-order valence-electron chi connectivity index (χ2n) is 17.2. The second-order valence-corrected chi connectivity index (χ2v) is 17.2. The molecule has 0 radical (unpaired) electrons. The van der Waals surface area contributed by atoms with Crippen molar-refractivity contribution >= 4 is 71.6 Å². The van der Waals surface area contributed by atoms with Gasteiger partial charge in [0.1, 0.15) is 11.2 Å². The van der Waals surface area contributed by atoms with E-state index in [1.54, 1.807) is 0 Å². The molecule has 0 aliphatic carbocycles. The third-order valence-electron chi connectivity index (χ3n) is 13.4. The van der Waals surface area contributed by atoms with Gasteiger partial charge in [-0.2, -0.15) is 0 Å². The van der Waals surface area contributed by atoms with Gasteiger partial charge in [-0.15, -0.1) is 0 Å². The van der Waals surface area contributed by atoms with E-state index >= 15 is 0 Å². The van der Waals surface area contributed by atoms with Crippen molar-refractivity contribution in [3.8, 4) is 50.2 Å². The minimum absolute atomic E-state index is 0.859. The van der Waals surface area contributed by atoms with Crippen LogP contribution in [-0.4, -0.2) is 4.57 Å². The summed E-state index contributed by atoms with van der Waals surface area (Å²) in [6.07, 6.45) is 0. The van der Waals surface area contributed by atoms with Crippen LogP contribution in [0.3, 0.4) is 0 Å². The molecule has 13 aromatic rings. The Labute approximate surface area is 388 Å². The second kappa shape index (κ2) is 16.0. The summed E-state index contributed by atoms with van der Waals surface area (Å²) in [6.45, 7) is 0. The van der Waals surface area contributed by atoms with E-state index in [0.29, 0.717) is 0 Å². The van der Waals surface area contributed by atoms with Crippen molar-refractivity contribution in [1.82, 2.24) is 4.57 Å². The van der Waals surface area contributed by atoms with Crippen molar-refractivity contribution in [3.63, 3.8) is 0 Å². The highest BCUT2D eigenvalue weighted by molar-refractivity contribution is 6.19. The Morgan fingerprint density at radius 3 is 1.58 bits per heavy atom. The Balaban J connectivity index is 0.935. The maximum absolute atomic E-state index is 6.46. The quantitative estimate of drug-likeness (QED) is 0.152. The third kappa shape index (κ3) is 6.51. The molecule has 0 aliphatic heterocycles. The highest BCUT2D eigenvalue weighted by Crippen LogP contribution is 2.45. The van der Waals surface area contributed by atoms with Crippen molar-refractivity contribution in [2.75, 3.05) is 4.90 Å². The lowest BCUT2D eigenvalue weighted by Gasteiger charge is -2.27. The van der Waals surface area contributed by atoms with Gasteiger partial charge in [0.15, 0.2) is 0 Å². The number of benzene rings is 11. The van der Waals surface area contributed by atoms with Gasteiger partial charge in [-0.3, -0.25) is 0 Å². The molecule has 0 aliphatic rings. The van der Waals surface area contributed by atoms with Crippen molar-refractivity contribution in [3.05, 3.63) is 255 Å². The number of fused-ring (bicyclic) bond motifs is 8. The fourth-order valence-electron chi connectivity index (χ4n) is 10.3. The first-order valence-corrected chi connectivity index (χ1v) is 22.9. The van der Waals surface area contributed by atoms with E-state index in [0.717, 1.165) is 61.4 Å². The zero-order valence-electron chi connectivity index (χ0n) is 36.6. The number of anilines is 3. The molecule has 11 aromatic carbocycles. The summed E-state index contributed by atoms with van der Waals surface area (Å²) in [5.74, 6) is 0. The summed E-state index contributed by atoms with van der Waals surface area (Å²) in [4.78, 5) is 2.37. The predicted molar refractivity (Wildman–Crippen MR) is 282 cm³/mol. The highest BCUT2D eigenvalue weighted by Gasteiger charge is 2.21. The zero-order chi connectivity index (χ0) is 44.3. The monoisotopic (exact) mass is 854 g/mol. The van der Waals surface area contributed by atoms with Gasteiger partial charge in [-0.25, -0.2) is 0 Å². The minimum Gasteiger partial charge on any atom is -0.456 e. The van der Waals surface area contributed by atoms with Crippen molar-refractivity contribution in [2.45, 2.75) is 0 Å². The Morgan fingerprint density at radius 2 is 0.866 bits per heavy atom. The molecule has 0 amide bonds. The molecule has 0 unspecified atom stereocenters. The van der Waals surface area contributed by atoms with Gasteiger partial charge in [-0.05, 0) is 111 Å². The number of rotatable bonds is 8. The molecule has 0 saturated heterocycles. The van der Waals surface area contributed by atoms with Gasteiger partial charge < -0.3 is 13.9 Å². The lowest BCUT2D eigenvalue weighted by molar-refractivity contribution is 0.669. The van der Waals surface area contributed by atoms with Gasteiger partial charge in [0.05, 0.1) is 22.1 Å². The molecule has 0 atom stereocenters. The first-order valence-electron chi connectivity index (χ1n) is 22.9. The van der Waals surface area contributed by atoms with Crippen LogP contribution < -0.4 is 4.90 Å². The SMILES string of the molecule is c1ccc(-c2ccccc2-c2ccccc2-c2ccc(N(c3ccc(-c4ccc5c6ccc7ccccc7c6n(-c6ccccc6)c5c4)cc3)c3cccc4oc5ccccc5c34)cc2)cc1. The van der Waals surface area contributed by atoms with E-state index in [1.165, 1.54) is 60.4 Å². The number of hydrogen-bond acceptors (Lipinski definition) is 2. The van der Waals surface area contributed by atoms with Crippen LogP contribution in [0.15, 0.2) is 259 Å². The van der Waals surface area contributed by atoms with Crippen molar-refractivity contribution < 1.29 is 4.42 Å². The van der Waals surface area contributed by atoms with Gasteiger partial charge in [0, 0.05) is 38.6 Å². The molecule has 13 rings (SSSR count). The number of aromatic nitrogens is 1. The Bertz CT molecular complexity index is 3960. The predicted octanol–water partition coefficient (Wildman–Crippen LogP) is 18.0. The molecule has 0 bridgehead atoms. The average molecular weight is 855 g/mol. The first kappa shape index (κ1) is 38.5. The molecule has 3 heteroatoms. The summed E-state index contributed by atoms with van der Waals surface area (Å²) in [5.41, 5.74) is 17.9. The van der Waals surface area contributed by atoms with E-state index in [2.05, 4.69) is 258 Å². The van der Waals surface area contributed by atoms with Gasteiger partial charge in [0.2, 0.25) is 0 Å². The van der Waals surface area contributed by atoms with Crippen LogP contribution in [-0.2, 0) is 0 Å².